The molecule has 0 aliphatic rings. The van der Waals surface area contributed by atoms with Gasteiger partial charge in [-0.3, -0.25) is 4.68 Å². The number of rotatable bonds is 8. The van der Waals surface area contributed by atoms with E-state index in [1.54, 1.807) is 0 Å². The Labute approximate surface area is 93.7 Å². The molecule has 0 aliphatic heterocycles. The molecule has 0 fully saturated rings. The molecule has 2 heteroatoms. The molecule has 0 N–H and O–H groups in total. The topological polar surface area (TPSA) is 17.8 Å². The molecule has 0 amide bonds. The third kappa shape index (κ3) is 5.01. The van der Waals surface area contributed by atoms with Crippen LogP contribution in [0.4, 0.5) is 0 Å². The van der Waals surface area contributed by atoms with Crippen LogP contribution in [0.2, 0.25) is 0 Å². The smallest absolute Gasteiger partial charge is 0.116 e. The lowest BCUT2D eigenvalue weighted by molar-refractivity contribution is 0.552. The van der Waals surface area contributed by atoms with Gasteiger partial charge in [-0.05, 0) is 24.8 Å². The summed E-state index contributed by atoms with van der Waals surface area (Å²) in [6.45, 7) is 5.52. The van der Waals surface area contributed by atoms with Crippen LogP contribution >= 0.6 is 0 Å². The van der Waals surface area contributed by atoms with Crippen molar-refractivity contribution in [3.05, 3.63) is 18.0 Å². The molecule has 0 unspecified atom stereocenters. The molecule has 1 rings (SSSR count). The van der Waals surface area contributed by atoms with E-state index in [2.05, 4.69) is 31.3 Å². The Morgan fingerprint density at radius 1 is 1.13 bits per heavy atom. The second-order valence-corrected chi connectivity index (χ2v) is 4.19. The Morgan fingerprint density at radius 3 is 2.60 bits per heavy atom. The van der Waals surface area contributed by atoms with Crippen molar-refractivity contribution in [2.75, 3.05) is 0 Å². The SMILES string of the molecule is CCCCCc1[c]nn(CCCCC)c1. The van der Waals surface area contributed by atoms with Gasteiger partial charge in [-0.2, -0.15) is 5.10 Å². The first kappa shape index (κ1) is 12.3. The zero-order valence-electron chi connectivity index (χ0n) is 10.1. The second-order valence-electron chi connectivity index (χ2n) is 4.19. The summed E-state index contributed by atoms with van der Waals surface area (Å²) in [4.78, 5) is 0. The minimum Gasteiger partial charge on any atom is -0.272 e. The van der Waals surface area contributed by atoms with Gasteiger partial charge in [0.2, 0.25) is 0 Å². The van der Waals surface area contributed by atoms with Gasteiger partial charge < -0.3 is 0 Å². The van der Waals surface area contributed by atoms with Gasteiger partial charge in [-0.25, -0.2) is 0 Å². The molecule has 0 spiro atoms. The minimum atomic E-state index is 1.05. The van der Waals surface area contributed by atoms with Crippen LogP contribution in [0.15, 0.2) is 6.20 Å². The fourth-order valence-corrected chi connectivity index (χ4v) is 1.69. The molecule has 1 aromatic rings. The summed E-state index contributed by atoms with van der Waals surface area (Å²) in [6, 6.07) is 0. The lowest BCUT2D eigenvalue weighted by Gasteiger charge is -1.99. The molecule has 2 nitrogen and oxygen atoms in total. The van der Waals surface area contributed by atoms with Gasteiger partial charge in [0.1, 0.15) is 6.20 Å². The molecule has 0 atom stereocenters. The largest absolute Gasteiger partial charge is 0.272 e. The van der Waals surface area contributed by atoms with Gasteiger partial charge in [0.05, 0.1) is 0 Å². The summed E-state index contributed by atoms with van der Waals surface area (Å²) in [6.07, 6.45) is 14.1. The number of unbranched alkanes of at least 4 members (excludes halogenated alkanes) is 4. The van der Waals surface area contributed by atoms with E-state index in [1.807, 2.05) is 4.68 Å². The van der Waals surface area contributed by atoms with E-state index in [9.17, 15) is 0 Å². The second kappa shape index (κ2) is 7.49. The van der Waals surface area contributed by atoms with Crippen molar-refractivity contribution >= 4 is 0 Å². The number of aryl methyl sites for hydroxylation is 2. The van der Waals surface area contributed by atoms with Crippen molar-refractivity contribution in [2.24, 2.45) is 0 Å². The normalized spacial score (nSPS) is 10.8. The first-order valence-electron chi connectivity index (χ1n) is 6.30. The Bertz CT molecular complexity index is 228. The average molecular weight is 207 g/mol. The van der Waals surface area contributed by atoms with Crippen LogP contribution in [0.5, 0.6) is 0 Å². The van der Waals surface area contributed by atoms with Crippen molar-refractivity contribution in [3.63, 3.8) is 0 Å². The quantitative estimate of drug-likeness (QED) is 0.595. The number of aromatic nitrogens is 2. The van der Waals surface area contributed by atoms with E-state index in [0.717, 1.165) is 13.0 Å². The number of hydrogen-bond acceptors (Lipinski definition) is 1. The summed E-state index contributed by atoms with van der Waals surface area (Å²) >= 11 is 0. The predicted molar refractivity (Wildman–Crippen MR) is 63.8 cm³/mol. The highest BCUT2D eigenvalue weighted by Gasteiger charge is 1.98. The van der Waals surface area contributed by atoms with Crippen molar-refractivity contribution in [1.82, 2.24) is 9.78 Å². The van der Waals surface area contributed by atoms with Crippen LogP contribution in [0.1, 0.15) is 57.9 Å². The van der Waals surface area contributed by atoms with E-state index in [-0.39, 0.29) is 0 Å². The van der Waals surface area contributed by atoms with Gasteiger partial charge >= 0.3 is 0 Å². The van der Waals surface area contributed by atoms with Crippen LogP contribution < -0.4 is 0 Å². The molecule has 1 aromatic heterocycles. The maximum Gasteiger partial charge on any atom is 0.116 e. The summed E-state index contributed by atoms with van der Waals surface area (Å²) < 4.78 is 2.04. The fraction of sp³-hybridized carbons (Fsp3) is 0.769. The van der Waals surface area contributed by atoms with Crippen molar-refractivity contribution in [1.29, 1.82) is 0 Å². The first-order valence-corrected chi connectivity index (χ1v) is 6.30. The molecule has 0 saturated heterocycles. The first-order chi connectivity index (χ1) is 7.36. The lowest BCUT2D eigenvalue weighted by atomic mass is 10.1. The summed E-state index contributed by atoms with van der Waals surface area (Å²) in [5, 5.41) is 4.26. The highest BCUT2D eigenvalue weighted by atomic mass is 15.3. The predicted octanol–water partition coefficient (Wildman–Crippen LogP) is 3.61. The van der Waals surface area contributed by atoms with E-state index in [4.69, 9.17) is 0 Å². The molecule has 0 saturated carbocycles. The van der Waals surface area contributed by atoms with Crippen LogP contribution in [0.25, 0.3) is 0 Å². The molecular weight excluding hydrogens is 184 g/mol. The minimum absolute atomic E-state index is 1.05. The molecule has 1 radical (unpaired) electrons. The molecule has 0 bridgehead atoms. The van der Waals surface area contributed by atoms with Gasteiger partial charge in [0, 0.05) is 12.7 Å². The Morgan fingerprint density at radius 2 is 1.87 bits per heavy atom. The van der Waals surface area contributed by atoms with Crippen molar-refractivity contribution < 1.29 is 0 Å². The van der Waals surface area contributed by atoms with Crippen LogP contribution in [-0.2, 0) is 13.0 Å². The summed E-state index contributed by atoms with van der Waals surface area (Å²) in [7, 11) is 0. The van der Waals surface area contributed by atoms with E-state index in [0.29, 0.717) is 0 Å². The number of hydrogen-bond donors (Lipinski definition) is 0. The Balaban J connectivity index is 2.23. The highest BCUT2D eigenvalue weighted by Crippen LogP contribution is 2.06. The van der Waals surface area contributed by atoms with E-state index < -0.39 is 0 Å². The summed E-state index contributed by atoms with van der Waals surface area (Å²) in [5.74, 6) is 0. The molecule has 0 aliphatic carbocycles. The third-order valence-corrected chi connectivity index (χ3v) is 2.67. The molecule has 15 heavy (non-hydrogen) atoms. The zero-order chi connectivity index (χ0) is 10.9. The van der Waals surface area contributed by atoms with Gasteiger partial charge in [-0.15, -0.1) is 0 Å². The third-order valence-electron chi connectivity index (χ3n) is 2.67. The van der Waals surface area contributed by atoms with Gasteiger partial charge in [-0.1, -0.05) is 39.5 Å². The molecule has 1 heterocycles. The van der Waals surface area contributed by atoms with Gasteiger partial charge in [0.25, 0.3) is 0 Å². The highest BCUT2D eigenvalue weighted by molar-refractivity contribution is 5.01. The fourth-order valence-electron chi connectivity index (χ4n) is 1.69. The maximum atomic E-state index is 4.26. The van der Waals surface area contributed by atoms with E-state index in [1.165, 1.54) is 44.1 Å². The van der Waals surface area contributed by atoms with Crippen molar-refractivity contribution in [2.45, 2.75) is 65.3 Å². The Hall–Kier alpha value is -0.790. The maximum absolute atomic E-state index is 4.26. The lowest BCUT2D eigenvalue weighted by Crippen LogP contribution is -1.97. The average Bonchev–Trinajstić information content (AvgIpc) is 2.67. The number of nitrogens with zero attached hydrogens (tertiary/aromatic N) is 2. The zero-order valence-corrected chi connectivity index (χ0v) is 10.1. The van der Waals surface area contributed by atoms with Crippen molar-refractivity contribution in [3.8, 4) is 0 Å². The van der Waals surface area contributed by atoms with Crippen LogP contribution in [0, 0.1) is 6.20 Å². The van der Waals surface area contributed by atoms with E-state index >= 15 is 0 Å². The standard InChI is InChI=1S/C13H23N2/c1-3-5-7-9-13-11-14-15(12-13)10-8-6-4-2/h12H,3-10H2,1-2H3. The Kier molecular flexibility index (Phi) is 6.14. The van der Waals surface area contributed by atoms with Gasteiger partial charge in [0.15, 0.2) is 0 Å². The monoisotopic (exact) mass is 207 g/mol. The molecular formula is C13H23N2. The molecule has 85 valence electrons. The summed E-state index contributed by atoms with van der Waals surface area (Å²) in [5.41, 5.74) is 1.28. The molecule has 0 aromatic carbocycles. The van der Waals surface area contributed by atoms with Crippen LogP contribution in [0.3, 0.4) is 0 Å². The van der Waals surface area contributed by atoms with Crippen LogP contribution in [-0.4, -0.2) is 9.78 Å².